The SMILES string of the molecule is CC1CCNC(CO)C(=O)N1Cc1ccccc1. The summed E-state index contributed by atoms with van der Waals surface area (Å²) in [5.74, 6) is -0.00801. The van der Waals surface area contributed by atoms with E-state index in [1.807, 2.05) is 35.2 Å². The summed E-state index contributed by atoms with van der Waals surface area (Å²) in [7, 11) is 0. The Balaban J connectivity index is 2.14. The highest BCUT2D eigenvalue weighted by Crippen LogP contribution is 2.14. The van der Waals surface area contributed by atoms with Crippen LogP contribution in [0.4, 0.5) is 0 Å². The van der Waals surface area contributed by atoms with Gasteiger partial charge in [-0.15, -0.1) is 0 Å². The molecule has 2 N–H and O–H groups in total. The molecular formula is C14H20N2O2. The summed E-state index contributed by atoms with van der Waals surface area (Å²) in [6.45, 7) is 3.29. The van der Waals surface area contributed by atoms with Gasteiger partial charge in [0.1, 0.15) is 6.04 Å². The number of carbonyl (C=O) groups is 1. The van der Waals surface area contributed by atoms with Crippen molar-refractivity contribution in [3.63, 3.8) is 0 Å². The van der Waals surface area contributed by atoms with Gasteiger partial charge in [0.15, 0.2) is 0 Å². The standard InChI is InChI=1S/C14H20N2O2/c1-11-7-8-15-13(10-17)14(18)16(11)9-12-5-3-2-4-6-12/h2-6,11,13,15,17H,7-10H2,1H3. The highest BCUT2D eigenvalue weighted by molar-refractivity contribution is 5.82. The molecule has 0 radical (unpaired) electrons. The molecule has 1 heterocycles. The van der Waals surface area contributed by atoms with Gasteiger partial charge in [-0.1, -0.05) is 30.3 Å². The maximum absolute atomic E-state index is 12.3. The fraction of sp³-hybridized carbons (Fsp3) is 0.500. The molecule has 98 valence electrons. The van der Waals surface area contributed by atoms with Gasteiger partial charge < -0.3 is 15.3 Å². The van der Waals surface area contributed by atoms with E-state index >= 15 is 0 Å². The van der Waals surface area contributed by atoms with Crippen molar-refractivity contribution >= 4 is 5.91 Å². The van der Waals surface area contributed by atoms with Gasteiger partial charge in [0, 0.05) is 12.6 Å². The van der Waals surface area contributed by atoms with Crippen molar-refractivity contribution in [2.24, 2.45) is 0 Å². The molecular weight excluding hydrogens is 228 g/mol. The van der Waals surface area contributed by atoms with E-state index in [1.165, 1.54) is 0 Å². The molecule has 0 aliphatic carbocycles. The van der Waals surface area contributed by atoms with Crippen LogP contribution >= 0.6 is 0 Å². The maximum Gasteiger partial charge on any atom is 0.242 e. The first-order chi connectivity index (χ1) is 8.72. The van der Waals surface area contributed by atoms with Gasteiger partial charge in [-0.25, -0.2) is 0 Å². The summed E-state index contributed by atoms with van der Waals surface area (Å²) >= 11 is 0. The minimum absolute atomic E-state index is 0.00801. The molecule has 4 nitrogen and oxygen atoms in total. The Kier molecular flexibility index (Phi) is 4.33. The van der Waals surface area contributed by atoms with E-state index in [4.69, 9.17) is 0 Å². The number of carbonyl (C=O) groups excluding carboxylic acids is 1. The highest BCUT2D eigenvalue weighted by Gasteiger charge is 2.29. The first-order valence-corrected chi connectivity index (χ1v) is 6.41. The third-order valence-corrected chi connectivity index (χ3v) is 3.44. The van der Waals surface area contributed by atoms with E-state index in [1.54, 1.807) is 0 Å². The van der Waals surface area contributed by atoms with Crippen LogP contribution < -0.4 is 5.32 Å². The first-order valence-electron chi connectivity index (χ1n) is 6.41. The summed E-state index contributed by atoms with van der Waals surface area (Å²) < 4.78 is 0. The molecule has 1 aliphatic heterocycles. The number of rotatable bonds is 3. The van der Waals surface area contributed by atoms with Gasteiger partial charge in [-0.2, -0.15) is 0 Å². The predicted molar refractivity (Wildman–Crippen MR) is 69.9 cm³/mol. The molecule has 18 heavy (non-hydrogen) atoms. The Bertz CT molecular complexity index is 394. The number of aliphatic hydroxyl groups excluding tert-OH is 1. The summed E-state index contributed by atoms with van der Waals surface area (Å²) in [5.41, 5.74) is 1.12. The van der Waals surface area contributed by atoms with Gasteiger partial charge in [-0.3, -0.25) is 4.79 Å². The number of nitrogens with zero attached hydrogens (tertiary/aromatic N) is 1. The lowest BCUT2D eigenvalue weighted by molar-refractivity contribution is -0.136. The Hall–Kier alpha value is -1.39. The summed E-state index contributed by atoms with van der Waals surface area (Å²) in [6, 6.07) is 9.70. The first kappa shape index (κ1) is 13.1. The average molecular weight is 248 g/mol. The van der Waals surface area contributed by atoms with Crippen molar-refractivity contribution in [2.75, 3.05) is 13.2 Å². The quantitative estimate of drug-likeness (QED) is 0.830. The lowest BCUT2D eigenvalue weighted by Crippen LogP contribution is -2.47. The number of amides is 1. The summed E-state index contributed by atoms with van der Waals surface area (Å²) in [4.78, 5) is 14.2. The van der Waals surface area contributed by atoms with Crippen LogP contribution in [0.5, 0.6) is 0 Å². The molecule has 1 aromatic carbocycles. The van der Waals surface area contributed by atoms with E-state index < -0.39 is 6.04 Å². The van der Waals surface area contributed by atoms with Gasteiger partial charge in [0.25, 0.3) is 0 Å². The molecule has 1 amide bonds. The largest absolute Gasteiger partial charge is 0.394 e. The Morgan fingerprint density at radius 3 is 2.78 bits per heavy atom. The molecule has 2 atom stereocenters. The van der Waals surface area contributed by atoms with E-state index in [2.05, 4.69) is 12.2 Å². The molecule has 0 aromatic heterocycles. The minimum atomic E-state index is -0.460. The van der Waals surface area contributed by atoms with Crippen molar-refractivity contribution in [2.45, 2.75) is 32.0 Å². The Labute approximate surface area is 108 Å². The predicted octanol–water partition coefficient (Wildman–Crippen LogP) is 0.758. The lowest BCUT2D eigenvalue weighted by Gasteiger charge is -2.28. The van der Waals surface area contributed by atoms with Crippen LogP contribution in [0.3, 0.4) is 0 Å². The number of aliphatic hydroxyl groups is 1. The zero-order chi connectivity index (χ0) is 13.0. The van der Waals surface area contributed by atoms with E-state index in [0.29, 0.717) is 6.54 Å². The smallest absolute Gasteiger partial charge is 0.242 e. The van der Waals surface area contributed by atoms with Crippen LogP contribution in [0.1, 0.15) is 18.9 Å². The molecule has 0 spiro atoms. The van der Waals surface area contributed by atoms with Crippen molar-refractivity contribution in [1.82, 2.24) is 10.2 Å². The zero-order valence-corrected chi connectivity index (χ0v) is 10.7. The molecule has 0 bridgehead atoms. The molecule has 0 saturated carbocycles. The Morgan fingerprint density at radius 1 is 1.39 bits per heavy atom. The molecule has 1 fully saturated rings. The summed E-state index contributed by atoms with van der Waals surface area (Å²) in [5, 5.41) is 12.3. The fourth-order valence-corrected chi connectivity index (χ4v) is 2.28. The second kappa shape index (κ2) is 5.98. The van der Waals surface area contributed by atoms with Crippen LogP contribution in [-0.2, 0) is 11.3 Å². The maximum atomic E-state index is 12.3. The van der Waals surface area contributed by atoms with E-state index in [9.17, 15) is 9.90 Å². The lowest BCUT2D eigenvalue weighted by atomic mass is 10.1. The topological polar surface area (TPSA) is 52.6 Å². The average Bonchev–Trinajstić information content (AvgIpc) is 2.53. The Morgan fingerprint density at radius 2 is 2.11 bits per heavy atom. The van der Waals surface area contributed by atoms with Gasteiger partial charge >= 0.3 is 0 Å². The normalized spacial score (nSPS) is 25.0. The van der Waals surface area contributed by atoms with Crippen molar-refractivity contribution in [3.8, 4) is 0 Å². The third kappa shape index (κ3) is 2.89. The van der Waals surface area contributed by atoms with Crippen molar-refractivity contribution in [3.05, 3.63) is 35.9 Å². The minimum Gasteiger partial charge on any atom is -0.394 e. The second-order valence-corrected chi connectivity index (χ2v) is 4.78. The van der Waals surface area contributed by atoms with Crippen LogP contribution in [0.25, 0.3) is 0 Å². The van der Waals surface area contributed by atoms with E-state index in [-0.39, 0.29) is 18.6 Å². The monoisotopic (exact) mass is 248 g/mol. The van der Waals surface area contributed by atoms with Crippen molar-refractivity contribution < 1.29 is 9.90 Å². The zero-order valence-electron chi connectivity index (χ0n) is 10.7. The number of benzene rings is 1. The second-order valence-electron chi connectivity index (χ2n) is 4.78. The molecule has 4 heteroatoms. The van der Waals surface area contributed by atoms with Crippen LogP contribution in [0.15, 0.2) is 30.3 Å². The number of nitrogens with one attached hydrogen (secondary N) is 1. The molecule has 2 rings (SSSR count). The number of hydrogen-bond donors (Lipinski definition) is 2. The highest BCUT2D eigenvalue weighted by atomic mass is 16.3. The van der Waals surface area contributed by atoms with Crippen LogP contribution in [0.2, 0.25) is 0 Å². The number of hydrogen-bond acceptors (Lipinski definition) is 3. The van der Waals surface area contributed by atoms with Gasteiger partial charge in [0.2, 0.25) is 5.91 Å². The van der Waals surface area contributed by atoms with Gasteiger partial charge in [-0.05, 0) is 25.5 Å². The molecule has 1 saturated heterocycles. The van der Waals surface area contributed by atoms with Crippen LogP contribution in [-0.4, -0.2) is 41.1 Å². The van der Waals surface area contributed by atoms with Crippen molar-refractivity contribution in [1.29, 1.82) is 0 Å². The summed E-state index contributed by atoms with van der Waals surface area (Å²) in [6.07, 6.45) is 0.912. The van der Waals surface area contributed by atoms with Crippen LogP contribution in [0, 0.1) is 0 Å². The molecule has 2 unspecified atom stereocenters. The van der Waals surface area contributed by atoms with Gasteiger partial charge in [0.05, 0.1) is 6.61 Å². The fourth-order valence-electron chi connectivity index (χ4n) is 2.28. The molecule has 1 aromatic rings. The molecule has 1 aliphatic rings. The van der Waals surface area contributed by atoms with E-state index in [0.717, 1.165) is 18.5 Å². The third-order valence-electron chi connectivity index (χ3n) is 3.44.